The van der Waals surface area contributed by atoms with Gasteiger partial charge in [0.25, 0.3) is 0 Å². The van der Waals surface area contributed by atoms with Crippen LogP contribution in [-0.4, -0.2) is 30.0 Å². The largest absolute Gasteiger partial charge is 0.339 e. The van der Waals surface area contributed by atoms with Gasteiger partial charge in [0, 0.05) is 12.6 Å². The van der Waals surface area contributed by atoms with Gasteiger partial charge in [-0.25, -0.2) is 0 Å². The molecule has 0 amide bonds. The molecule has 2 rings (SSSR count). The Hall–Kier alpha value is 0.350. The van der Waals surface area contributed by atoms with Crippen LogP contribution >= 0.6 is 8.30 Å². The monoisotopic (exact) mass is 159 g/mol. The van der Waals surface area contributed by atoms with E-state index in [1.165, 1.54) is 19.4 Å². The molecule has 2 fully saturated rings. The van der Waals surface area contributed by atoms with E-state index in [0.717, 1.165) is 6.04 Å². The topological polar surface area (TPSA) is 12.5 Å². The molecule has 2 aliphatic rings. The van der Waals surface area contributed by atoms with Crippen LogP contribution in [0.1, 0.15) is 19.8 Å². The Morgan fingerprint density at radius 2 is 2.40 bits per heavy atom. The minimum absolute atomic E-state index is 0.211. The standard InChI is InChI=1S/C7H14NOP/c1-6-7-4-3-5-8(7)10(2)9-6/h6-7H,3-5H2,1-2H3/t6-,7+,10?/m0/s1. The Bertz CT molecular complexity index is 128. The summed E-state index contributed by atoms with van der Waals surface area (Å²) in [6, 6.07) is 0.760. The zero-order valence-electron chi connectivity index (χ0n) is 6.58. The fraction of sp³-hybridized carbons (Fsp3) is 1.00. The molecule has 58 valence electrons. The maximum Gasteiger partial charge on any atom is 0.101 e. The number of hydrogen-bond donors (Lipinski definition) is 0. The van der Waals surface area contributed by atoms with Gasteiger partial charge in [0.05, 0.1) is 6.10 Å². The van der Waals surface area contributed by atoms with Crippen molar-refractivity contribution in [2.75, 3.05) is 13.2 Å². The molecule has 0 aromatic carbocycles. The molecule has 2 aliphatic heterocycles. The number of hydrogen-bond acceptors (Lipinski definition) is 2. The van der Waals surface area contributed by atoms with E-state index in [9.17, 15) is 0 Å². The maximum atomic E-state index is 5.72. The van der Waals surface area contributed by atoms with Crippen LogP contribution in [0.15, 0.2) is 0 Å². The summed E-state index contributed by atoms with van der Waals surface area (Å²) in [7, 11) is -0.211. The van der Waals surface area contributed by atoms with Gasteiger partial charge in [-0.05, 0) is 26.4 Å². The first kappa shape index (κ1) is 7.02. The molecule has 0 bridgehead atoms. The van der Waals surface area contributed by atoms with Crippen LogP contribution in [0.4, 0.5) is 0 Å². The fourth-order valence-electron chi connectivity index (χ4n) is 1.98. The molecule has 0 saturated carbocycles. The van der Waals surface area contributed by atoms with E-state index in [2.05, 4.69) is 18.3 Å². The molecule has 2 heterocycles. The molecule has 0 aromatic rings. The predicted octanol–water partition coefficient (Wildman–Crippen LogP) is 1.81. The fourth-order valence-corrected chi connectivity index (χ4v) is 3.86. The summed E-state index contributed by atoms with van der Waals surface area (Å²) in [6.45, 7) is 5.70. The second-order valence-corrected chi connectivity index (χ2v) is 4.80. The molecule has 1 unspecified atom stereocenters. The molecular formula is C7H14NOP. The number of fused-ring (bicyclic) bond motifs is 1. The summed E-state index contributed by atoms with van der Waals surface area (Å²) in [6.07, 6.45) is 3.23. The lowest BCUT2D eigenvalue weighted by atomic mass is 10.1. The Labute approximate surface area is 63.4 Å². The SMILES string of the molecule is C[C@@H]1OP(C)N2CCC[C@H]12. The smallest absolute Gasteiger partial charge is 0.101 e. The lowest BCUT2D eigenvalue weighted by Crippen LogP contribution is -2.25. The summed E-state index contributed by atoms with van der Waals surface area (Å²) in [5, 5.41) is 0. The summed E-state index contributed by atoms with van der Waals surface area (Å²) in [4.78, 5) is 0. The summed E-state index contributed by atoms with van der Waals surface area (Å²) in [5.74, 6) is 0. The van der Waals surface area contributed by atoms with Gasteiger partial charge in [0.2, 0.25) is 0 Å². The van der Waals surface area contributed by atoms with Crippen molar-refractivity contribution in [3.63, 3.8) is 0 Å². The van der Waals surface area contributed by atoms with Crippen molar-refractivity contribution in [2.24, 2.45) is 0 Å². The van der Waals surface area contributed by atoms with E-state index >= 15 is 0 Å². The van der Waals surface area contributed by atoms with E-state index < -0.39 is 0 Å². The van der Waals surface area contributed by atoms with Crippen LogP contribution in [0.5, 0.6) is 0 Å². The first-order valence-electron chi connectivity index (χ1n) is 3.96. The Morgan fingerprint density at radius 3 is 3.10 bits per heavy atom. The van der Waals surface area contributed by atoms with Gasteiger partial charge in [-0.2, -0.15) is 0 Å². The van der Waals surface area contributed by atoms with Crippen LogP contribution in [-0.2, 0) is 4.52 Å². The van der Waals surface area contributed by atoms with Gasteiger partial charge in [-0.1, -0.05) is 0 Å². The minimum Gasteiger partial charge on any atom is -0.339 e. The minimum atomic E-state index is -0.211. The normalized spacial score (nSPS) is 48.0. The molecule has 0 radical (unpaired) electrons. The van der Waals surface area contributed by atoms with E-state index in [4.69, 9.17) is 4.52 Å². The van der Waals surface area contributed by atoms with Crippen molar-refractivity contribution in [3.8, 4) is 0 Å². The highest BCUT2D eigenvalue weighted by atomic mass is 31.2. The third-order valence-electron chi connectivity index (χ3n) is 2.49. The van der Waals surface area contributed by atoms with Gasteiger partial charge in [0.15, 0.2) is 0 Å². The van der Waals surface area contributed by atoms with Gasteiger partial charge < -0.3 is 4.52 Å². The Kier molecular flexibility index (Phi) is 1.71. The lowest BCUT2D eigenvalue weighted by molar-refractivity contribution is 0.232. The number of rotatable bonds is 0. The first-order valence-corrected chi connectivity index (χ1v) is 5.62. The third-order valence-corrected chi connectivity index (χ3v) is 4.35. The highest BCUT2D eigenvalue weighted by molar-refractivity contribution is 7.49. The van der Waals surface area contributed by atoms with Crippen molar-refractivity contribution >= 4 is 8.30 Å². The van der Waals surface area contributed by atoms with E-state index in [0.29, 0.717) is 6.10 Å². The third kappa shape index (κ3) is 0.903. The summed E-state index contributed by atoms with van der Waals surface area (Å²) < 4.78 is 8.26. The molecule has 0 aliphatic carbocycles. The Morgan fingerprint density at radius 1 is 1.60 bits per heavy atom. The second kappa shape index (κ2) is 2.44. The molecule has 2 saturated heterocycles. The Balaban J connectivity index is 2.11. The van der Waals surface area contributed by atoms with Crippen LogP contribution in [0.2, 0.25) is 0 Å². The second-order valence-electron chi connectivity index (χ2n) is 3.15. The molecule has 3 heteroatoms. The van der Waals surface area contributed by atoms with Gasteiger partial charge in [-0.3, -0.25) is 4.67 Å². The molecule has 2 nitrogen and oxygen atoms in total. The van der Waals surface area contributed by atoms with E-state index in [1.807, 2.05) is 0 Å². The van der Waals surface area contributed by atoms with E-state index in [-0.39, 0.29) is 8.30 Å². The van der Waals surface area contributed by atoms with Crippen LogP contribution < -0.4 is 0 Å². The maximum absolute atomic E-state index is 5.72. The van der Waals surface area contributed by atoms with Gasteiger partial charge >= 0.3 is 0 Å². The highest BCUT2D eigenvalue weighted by Crippen LogP contribution is 2.51. The predicted molar refractivity (Wildman–Crippen MR) is 43.1 cm³/mol. The molecule has 10 heavy (non-hydrogen) atoms. The first-order chi connectivity index (χ1) is 4.79. The average Bonchev–Trinajstić information content (AvgIpc) is 2.39. The van der Waals surface area contributed by atoms with Crippen molar-refractivity contribution in [2.45, 2.75) is 31.9 Å². The van der Waals surface area contributed by atoms with Gasteiger partial charge in [0.1, 0.15) is 8.30 Å². The zero-order chi connectivity index (χ0) is 7.14. The lowest BCUT2D eigenvalue weighted by Gasteiger charge is -2.16. The number of nitrogens with zero attached hydrogens (tertiary/aromatic N) is 1. The van der Waals surface area contributed by atoms with Crippen molar-refractivity contribution < 1.29 is 4.52 Å². The average molecular weight is 159 g/mol. The molecule has 0 spiro atoms. The zero-order valence-corrected chi connectivity index (χ0v) is 7.47. The molecular weight excluding hydrogens is 145 g/mol. The highest BCUT2D eigenvalue weighted by Gasteiger charge is 2.40. The van der Waals surface area contributed by atoms with Crippen molar-refractivity contribution in [1.29, 1.82) is 0 Å². The summed E-state index contributed by atoms with van der Waals surface area (Å²) in [5.41, 5.74) is 0. The van der Waals surface area contributed by atoms with Gasteiger partial charge in [-0.15, -0.1) is 0 Å². The molecule has 3 atom stereocenters. The van der Waals surface area contributed by atoms with Crippen LogP contribution in [0.25, 0.3) is 0 Å². The van der Waals surface area contributed by atoms with E-state index in [1.54, 1.807) is 0 Å². The molecule has 0 N–H and O–H groups in total. The van der Waals surface area contributed by atoms with Crippen LogP contribution in [0, 0.1) is 0 Å². The van der Waals surface area contributed by atoms with Crippen molar-refractivity contribution in [3.05, 3.63) is 0 Å². The quantitative estimate of drug-likeness (QED) is 0.500. The summed E-state index contributed by atoms with van der Waals surface area (Å²) >= 11 is 0. The van der Waals surface area contributed by atoms with Crippen LogP contribution in [0.3, 0.4) is 0 Å². The van der Waals surface area contributed by atoms with Crippen molar-refractivity contribution in [1.82, 2.24) is 4.67 Å². The molecule has 0 aromatic heterocycles.